The van der Waals surface area contributed by atoms with Gasteiger partial charge in [0.25, 0.3) is 0 Å². The summed E-state index contributed by atoms with van der Waals surface area (Å²) < 4.78 is 17.3. The molecule has 2 aromatic rings. The average Bonchev–Trinajstić information content (AvgIpc) is 3.18. The molecule has 0 heterocycles. The fourth-order valence-electron chi connectivity index (χ4n) is 5.31. The number of rotatable bonds is 10. The van der Waals surface area contributed by atoms with E-state index in [4.69, 9.17) is 14.2 Å². The Hall–Kier alpha value is -2.30. The van der Waals surface area contributed by atoms with Gasteiger partial charge in [0.05, 0.1) is 26.4 Å². The molecule has 1 unspecified atom stereocenters. The first-order valence-corrected chi connectivity index (χ1v) is 11.8. The molecule has 1 saturated carbocycles. The molecule has 2 atom stereocenters. The molecule has 0 aromatic heterocycles. The second-order valence-electron chi connectivity index (χ2n) is 9.36. The molecule has 0 radical (unpaired) electrons. The Morgan fingerprint density at radius 3 is 2.56 bits per heavy atom. The van der Waals surface area contributed by atoms with Crippen LogP contribution in [-0.2, 0) is 22.5 Å². The van der Waals surface area contributed by atoms with Crippen LogP contribution in [0, 0.1) is 0 Å². The number of aryl methyl sites for hydroxylation is 1. The lowest BCUT2D eigenvalue weighted by molar-refractivity contribution is 0.107. The molecule has 32 heavy (non-hydrogen) atoms. The number of benzene rings is 2. The molecule has 3 nitrogen and oxygen atoms in total. The Morgan fingerprint density at radius 2 is 1.78 bits per heavy atom. The van der Waals surface area contributed by atoms with Crippen molar-refractivity contribution in [1.29, 1.82) is 0 Å². The molecular formula is C28H35BO3. The SMILES string of the molecule is B[C@@]12CC=C(CCOCc3ccccc3)C(CCc3cccc(OC)c3)=C1CC(OC)C2. The monoisotopic (exact) mass is 430 g/mol. The molecule has 0 N–H and O–H groups in total. The van der Waals surface area contributed by atoms with Gasteiger partial charge in [-0.2, -0.15) is 0 Å². The first-order valence-electron chi connectivity index (χ1n) is 11.8. The van der Waals surface area contributed by atoms with Crippen LogP contribution in [-0.4, -0.2) is 34.8 Å². The smallest absolute Gasteiger partial charge is 0.119 e. The molecule has 1 fully saturated rings. The predicted molar refractivity (Wildman–Crippen MR) is 133 cm³/mol. The maximum Gasteiger partial charge on any atom is 0.119 e. The van der Waals surface area contributed by atoms with Crippen LogP contribution < -0.4 is 4.74 Å². The van der Waals surface area contributed by atoms with Gasteiger partial charge in [0, 0.05) is 7.11 Å². The van der Waals surface area contributed by atoms with Crippen LogP contribution in [0.15, 0.2) is 77.4 Å². The summed E-state index contributed by atoms with van der Waals surface area (Å²) in [7, 11) is 6.01. The summed E-state index contributed by atoms with van der Waals surface area (Å²) in [5.41, 5.74) is 7.20. The van der Waals surface area contributed by atoms with E-state index in [1.165, 1.54) is 16.7 Å². The van der Waals surface area contributed by atoms with E-state index < -0.39 is 0 Å². The van der Waals surface area contributed by atoms with Crippen LogP contribution in [0.3, 0.4) is 0 Å². The largest absolute Gasteiger partial charge is 0.497 e. The number of allylic oxidation sites excluding steroid dienone is 2. The first kappa shape index (κ1) is 22.9. The zero-order chi connectivity index (χ0) is 22.4. The minimum absolute atomic E-state index is 0.235. The van der Waals surface area contributed by atoms with Crippen LogP contribution in [0.4, 0.5) is 0 Å². The lowest BCUT2D eigenvalue weighted by Gasteiger charge is -2.33. The Labute approximate surface area is 193 Å². The highest BCUT2D eigenvalue weighted by atomic mass is 16.5. The molecule has 0 aliphatic heterocycles. The lowest BCUT2D eigenvalue weighted by atomic mass is 9.58. The summed E-state index contributed by atoms with van der Waals surface area (Å²) in [5.74, 6) is 0.930. The van der Waals surface area contributed by atoms with Crippen molar-refractivity contribution < 1.29 is 14.2 Å². The second-order valence-corrected chi connectivity index (χ2v) is 9.36. The highest BCUT2D eigenvalue weighted by molar-refractivity contribution is 6.18. The zero-order valence-electron chi connectivity index (χ0n) is 19.7. The molecule has 0 spiro atoms. The molecular weight excluding hydrogens is 395 g/mol. The van der Waals surface area contributed by atoms with Crippen molar-refractivity contribution in [1.82, 2.24) is 0 Å². The van der Waals surface area contributed by atoms with Gasteiger partial charge in [-0.05, 0) is 78.2 Å². The molecule has 0 bridgehead atoms. The van der Waals surface area contributed by atoms with E-state index in [2.05, 4.69) is 56.4 Å². The van der Waals surface area contributed by atoms with Gasteiger partial charge in [-0.1, -0.05) is 54.1 Å². The molecule has 2 aliphatic rings. The van der Waals surface area contributed by atoms with Crippen molar-refractivity contribution in [3.8, 4) is 5.75 Å². The Kier molecular flexibility index (Phi) is 7.54. The highest BCUT2D eigenvalue weighted by Gasteiger charge is 2.42. The van der Waals surface area contributed by atoms with Gasteiger partial charge in [0.15, 0.2) is 0 Å². The van der Waals surface area contributed by atoms with Crippen LogP contribution in [0.5, 0.6) is 5.75 Å². The van der Waals surface area contributed by atoms with Crippen molar-refractivity contribution in [2.24, 2.45) is 0 Å². The van der Waals surface area contributed by atoms with Crippen molar-refractivity contribution in [3.05, 3.63) is 88.5 Å². The van der Waals surface area contributed by atoms with Gasteiger partial charge >= 0.3 is 0 Å². The van der Waals surface area contributed by atoms with Crippen molar-refractivity contribution in [2.75, 3.05) is 20.8 Å². The minimum Gasteiger partial charge on any atom is -0.497 e. The Bertz CT molecular complexity index is 966. The van der Waals surface area contributed by atoms with Crippen LogP contribution in [0.25, 0.3) is 0 Å². The van der Waals surface area contributed by atoms with Gasteiger partial charge in [-0.3, -0.25) is 0 Å². The predicted octanol–water partition coefficient (Wildman–Crippen LogP) is 5.46. The van der Waals surface area contributed by atoms with E-state index in [0.717, 1.165) is 50.9 Å². The fraction of sp³-hybridized carbons (Fsp3) is 0.429. The van der Waals surface area contributed by atoms with Crippen molar-refractivity contribution in [3.63, 3.8) is 0 Å². The van der Waals surface area contributed by atoms with E-state index in [0.29, 0.717) is 12.7 Å². The number of methoxy groups -OCH3 is 2. The molecule has 4 rings (SSSR count). The Morgan fingerprint density at radius 1 is 0.969 bits per heavy atom. The third-order valence-electron chi connectivity index (χ3n) is 7.15. The third-order valence-corrected chi connectivity index (χ3v) is 7.15. The number of hydrogen-bond donors (Lipinski definition) is 0. The molecule has 0 saturated heterocycles. The third kappa shape index (κ3) is 5.36. The van der Waals surface area contributed by atoms with E-state index in [-0.39, 0.29) is 5.31 Å². The van der Waals surface area contributed by atoms with Crippen molar-refractivity contribution >= 4 is 7.85 Å². The maximum absolute atomic E-state index is 6.04. The molecule has 2 aromatic carbocycles. The van der Waals surface area contributed by atoms with Crippen molar-refractivity contribution in [2.45, 2.75) is 56.6 Å². The lowest BCUT2D eigenvalue weighted by Crippen LogP contribution is -2.18. The number of fused-ring (bicyclic) bond motifs is 1. The van der Waals surface area contributed by atoms with Crippen LogP contribution >= 0.6 is 0 Å². The van der Waals surface area contributed by atoms with Crippen LogP contribution in [0.1, 0.15) is 43.2 Å². The van der Waals surface area contributed by atoms with Gasteiger partial charge in [-0.25, -0.2) is 0 Å². The summed E-state index contributed by atoms with van der Waals surface area (Å²) in [5, 5.41) is 0.235. The minimum atomic E-state index is 0.235. The van der Waals surface area contributed by atoms with E-state index >= 15 is 0 Å². The molecule has 4 heteroatoms. The van der Waals surface area contributed by atoms with Gasteiger partial charge in [-0.15, -0.1) is 0 Å². The molecule has 168 valence electrons. The Balaban J connectivity index is 1.47. The van der Waals surface area contributed by atoms with E-state index in [1.807, 2.05) is 19.2 Å². The zero-order valence-corrected chi connectivity index (χ0v) is 19.7. The van der Waals surface area contributed by atoms with Crippen LogP contribution in [0.2, 0.25) is 5.31 Å². The van der Waals surface area contributed by atoms with Gasteiger partial charge in [0.2, 0.25) is 0 Å². The number of hydrogen-bond acceptors (Lipinski definition) is 3. The van der Waals surface area contributed by atoms with E-state index in [9.17, 15) is 0 Å². The molecule has 2 aliphatic carbocycles. The maximum atomic E-state index is 6.04. The summed E-state index contributed by atoms with van der Waals surface area (Å²) in [6, 6.07) is 18.9. The first-order chi connectivity index (χ1) is 15.6. The molecule has 0 amide bonds. The average molecular weight is 430 g/mol. The van der Waals surface area contributed by atoms with Gasteiger partial charge < -0.3 is 14.2 Å². The second kappa shape index (κ2) is 10.5. The highest BCUT2D eigenvalue weighted by Crippen LogP contribution is 2.56. The quantitative estimate of drug-likeness (QED) is 0.370. The topological polar surface area (TPSA) is 27.7 Å². The summed E-state index contributed by atoms with van der Waals surface area (Å²) >= 11 is 0. The number of ether oxygens (including phenoxy) is 3. The van der Waals surface area contributed by atoms with Gasteiger partial charge in [0.1, 0.15) is 13.6 Å². The summed E-state index contributed by atoms with van der Waals surface area (Å²) in [6.45, 7) is 1.42. The standard InChI is InChI=1S/C28H35BO3/c1-30-24-10-6-9-21(17-24)11-12-26-23(14-16-32-20-22-7-4-3-5-8-22)13-15-28(29)19-25(31-2)18-27(26)28/h3-10,13,17,25H,11-12,14-16,18-20,29H2,1-2H3/t25?,28-/m1/s1. The summed E-state index contributed by atoms with van der Waals surface area (Å²) in [4.78, 5) is 0. The van der Waals surface area contributed by atoms with E-state index in [1.54, 1.807) is 18.3 Å². The fourth-order valence-corrected chi connectivity index (χ4v) is 5.31. The summed E-state index contributed by atoms with van der Waals surface area (Å²) in [6.07, 6.45) is 9.15. The normalized spacial score (nSPS) is 22.6.